The highest BCUT2D eigenvalue weighted by Crippen LogP contribution is 2.40. The van der Waals surface area contributed by atoms with Crippen molar-refractivity contribution in [2.24, 2.45) is 15.8 Å². The maximum Gasteiger partial charge on any atom is 0.416 e. The zero-order valence-electron chi connectivity index (χ0n) is 18.7. The van der Waals surface area contributed by atoms with Crippen LogP contribution in [0.5, 0.6) is 11.5 Å². The molecule has 1 atom stereocenters. The standard InChI is InChI=1S/C22H21F4N6O2/c1-12-10-31(11-28-12)15-6-5-13(7-17(15)33-3)20-29-21(27)32(2,30-20)16-8-14(22(24,25)26)9-18(34-4)19(16)23/h5-11H,1-4H3,(H2,27,29,30)/q+1. The predicted octanol–water partition coefficient (Wildman–Crippen LogP) is 3.98. The molecule has 1 aliphatic heterocycles. The van der Waals surface area contributed by atoms with Crippen LogP contribution in [0.2, 0.25) is 0 Å². The Hall–Kier alpha value is -3.93. The maximum absolute atomic E-state index is 15.1. The van der Waals surface area contributed by atoms with Crippen molar-refractivity contribution in [1.82, 2.24) is 14.1 Å². The second-order valence-corrected chi connectivity index (χ2v) is 7.67. The largest absolute Gasteiger partial charge is 0.495 e. The van der Waals surface area contributed by atoms with Crippen LogP contribution in [0.25, 0.3) is 5.69 Å². The number of alkyl halides is 3. The zero-order valence-corrected chi connectivity index (χ0v) is 18.7. The molecule has 1 aromatic heterocycles. The van der Waals surface area contributed by atoms with E-state index in [1.165, 1.54) is 14.2 Å². The maximum atomic E-state index is 15.1. The number of halogens is 4. The van der Waals surface area contributed by atoms with Gasteiger partial charge in [0, 0.05) is 17.8 Å². The van der Waals surface area contributed by atoms with E-state index in [2.05, 4.69) is 15.1 Å². The molecule has 0 aliphatic carbocycles. The monoisotopic (exact) mass is 477 g/mol. The molecular formula is C22H21F4N6O2+. The van der Waals surface area contributed by atoms with Gasteiger partial charge in [-0.05, 0) is 36.3 Å². The first-order chi connectivity index (χ1) is 16.0. The first kappa shape index (κ1) is 23.2. The molecule has 0 radical (unpaired) electrons. The molecule has 0 saturated carbocycles. The molecule has 12 heteroatoms. The number of quaternary nitrogens is 1. The van der Waals surface area contributed by atoms with Crippen molar-refractivity contribution >= 4 is 17.5 Å². The number of aliphatic imine (C=N–C) groups is 1. The number of amidine groups is 1. The number of nitrogens with two attached hydrogens (primary N) is 1. The molecule has 2 N–H and O–H groups in total. The predicted molar refractivity (Wildman–Crippen MR) is 119 cm³/mol. The number of hydrogen-bond donors (Lipinski definition) is 1. The summed E-state index contributed by atoms with van der Waals surface area (Å²) in [6, 6.07) is 6.33. The highest BCUT2D eigenvalue weighted by molar-refractivity contribution is 6.12. The molecule has 2 heterocycles. The Morgan fingerprint density at radius 2 is 1.76 bits per heavy atom. The minimum absolute atomic E-state index is 0.0995. The quantitative estimate of drug-likeness (QED) is 0.445. The van der Waals surface area contributed by atoms with Crippen LogP contribution >= 0.6 is 0 Å². The van der Waals surface area contributed by atoms with Gasteiger partial charge in [0.05, 0.1) is 37.5 Å². The normalized spacial score (nSPS) is 18.0. The molecular weight excluding hydrogens is 456 g/mol. The summed E-state index contributed by atoms with van der Waals surface area (Å²) in [5.74, 6) is -1.25. The minimum atomic E-state index is -4.73. The van der Waals surface area contributed by atoms with E-state index in [0.717, 1.165) is 12.8 Å². The fourth-order valence-corrected chi connectivity index (χ4v) is 3.56. The first-order valence-electron chi connectivity index (χ1n) is 9.94. The Bertz CT molecular complexity index is 1330. The van der Waals surface area contributed by atoms with Crippen LogP contribution in [0.15, 0.2) is 52.9 Å². The average Bonchev–Trinajstić information content (AvgIpc) is 3.35. The molecule has 1 aliphatic rings. The van der Waals surface area contributed by atoms with Crippen molar-refractivity contribution < 1.29 is 27.0 Å². The molecule has 178 valence electrons. The van der Waals surface area contributed by atoms with E-state index in [4.69, 9.17) is 15.2 Å². The van der Waals surface area contributed by atoms with Gasteiger partial charge in [0.1, 0.15) is 12.8 Å². The van der Waals surface area contributed by atoms with Crippen molar-refractivity contribution in [1.29, 1.82) is 0 Å². The van der Waals surface area contributed by atoms with Gasteiger partial charge in [-0.2, -0.15) is 22.6 Å². The topological polar surface area (TPSA) is 87.0 Å². The Morgan fingerprint density at radius 3 is 2.35 bits per heavy atom. The molecule has 0 bridgehead atoms. The Morgan fingerprint density at radius 1 is 1.06 bits per heavy atom. The number of nitrogens with zero attached hydrogens (tertiary/aromatic N) is 5. The third-order valence-corrected chi connectivity index (χ3v) is 5.43. The fraction of sp³-hybridized carbons (Fsp3) is 0.227. The summed E-state index contributed by atoms with van der Waals surface area (Å²) in [6.45, 7) is 1.85. The van der Waals surface area contributed by atoms with Gasteiger partial charge < -0.3 is 19.8 Å². The van der Waals surface area contributed by atoms with Crippen LogP contribution in [0.3, 0.4) is 0 Å². The minimum Gasteiger partial charge on any atom is -0.495 e. The molecule has 0 saturated heterocycles. The highest BCUT2D eigenvalue weighted by atomic mass is 19.4. The summed E-state index contributed by atoms with van der Waals surface area (Å²) in [5.41, 5.74) is 6.50. The molecule has 0 amide bonds. The Balaban J connectivity index is 1.81. The Labute approximate surface area is 192 Å². The van der Waals surface area contributed by atoms with Crippen LogP contribution in [-0.4, -0.2) is 42.6 Å². The summed E-state index contributed by atoms with van der Waals surface area (Å²) in [4.78, 5) is 8.41. The van der Waals surface area contributed by atoms with Crippen molar-refractivity contribution in [2.75, 3.05) is 21.3 Å². The first-order valence-corrected chi connectivity index (χ1v) is 9.94. The number of benzene rings is 2. The molecule has 2 aromatic carbocycles. The van der Waals surface area contributed by atoms with Gasteiger partial charge in [-0.3, -0.25) is 0 Å². The average molecular weight is 477 g/mol. The molecule has 8 nitrogen and oxygen atoms in total. The molecule has 1 unspecified atom stereocenters. The van der Waals surface area contributed by atoms with Gasteiger partial charge in [0.15, 0.2) is 5.75 Å². The van der Waals surface area contributed by atoms with E-state index in [0.29, 0.717) is 29.1 Å². The smallest absolute Gasteiger partial charge is 0.416 e. The Kier molecular flexibility index (Phi) is 5.56. The zero-order chi connectivity index (χ0) is 24.8. The summed E-state index contributed by atoms with van der Waals surface area (Å²) in [7, 11) is 3.91. The molecule has 4 rings (SSSR count). The number of aromatic nitrogens is 2. The van der Waals surface area contributed by atoms with Crippen LogP contribution in [0.1, 0.15) is 16.8 Å². The van der Waals surface area contributed by atoms with Crippen molar-refractivity contribution in [3.63, 3.8) is 0 Å². The van der Waals surface area contributed by atoms with Crippen LogP contribution in [0, 0.1) is 12.7 Å². The number of imidazole rings is 1. The van der Waals surface area contributed by atoms with Crippen LogP contribution < -0.4 is 19.8 Å². The summed E-state index contributed by atoms with van der Waals surface area (Å²) in [6.07, 6.45) is -1.28. The van der Waals surface area contributed by atoms with Gasteiger partial charge in [-0.1, -0.05) is 0 Å². The SMILES string of the molecule is COc1cc(C2=N[N+](C)(c3cc(C(F)(F)F)cc(OC)c3F)C(N)=N2)ccc1-n1cnc(C)c1. The van der Waals surface area contributed by atoms with Crippen LogP contribution in [0.4, 0.5) is 23.2 Å². The fourth-order valence-electron chi connectivity index (χ4n) is 3.56. The van der Waals surface area contributed by atoms with Crippen molar-refractivity contribution in [3.8, 4) is 17.2 Å². The summed E-state index contributed by atoms with van der Waals surface area (Å²) >= 11 is 0. The third-order valence-electron chi connectivity index (χ3n) is 5.43. The van der Waals surface area contributed by atoms with Gasteiger partial charge in [-0.25, -0.2) is 4.98 Å². The van der Waals surface area contributed by atoms with Gasteiger partial charge in [0.2, 0.25) is 17.3 Å². The summed E-state index contributed by atoms with van der Waals surface area (Å²) < 4.78 is 66.6. The second kappa shape index (κ2) is 8.13. The van der Waals surface area contributed by atoms with Crippen molar-refractivity contribution in [3.05, 3.63) is 65.5 Å². The third kappa shape index (κ3) is 3.85. The number of aryl methyl sites for hydroxylation is 1. The van der Waals surface area contributed by atoms with E-state index < -0.39 is 33.6 Å². The number of rotatable bonds is 5. The van der Waals surface area contributed by atoms with E-state index in [1.807, 2.05) is 13.1 Å². The number of hydrogen-bond acceptors (Lipinski definition) is 6. The molecule has 3 aromatic rings. The lowest BCUT2D eigenvalue weighted by molar-refractivity contribution is -0.137. The lowest BCUT2D eigenvalue weighted by Gasteiger charge is -2.23. The second-order valence-electron chi connectivity index (χ2n) is 7.67. The van der Waals surface area contributed by atoms with Crippen molar-refractivity contribution in [2.45, 2.75) is 13.1 Å². The van der Waals surface area contributed by atoms with E-state index in [9.17, 15) is 13.2 Å². The van der Waals surface area contributed by atoms with E-state index >= 15 is 4.39 Å². The highest BCUT2D eigenvalue weighted by Gasteiger charge is 2.44. The molecule has 34 heavy (non-hydrogen) atoms. The van der Waals surface area contributed by atoms with Gasteiger partial charge >= 0.3 is 12.1 Å². The molecule has 0 spiro atoms. The lowest BCUT2D eigenvalue weighted by atomic mass is 10.1. The van der Waals surface area contributed by atoms with Gasteiger partial charge in [0.25, 0.3) is 0 Å². The number of methoxy groups -OCH3 is 2. The molecule has 0 fully saturated rings. The van der Waals surface area contributed by atoms with Crippen LogP contribution in [-0.2, 0) is 6.18 Å². The van der Waals surface area contributed by atoms with Gasteiger partial charge in [-0.15, -0.1) is 4.59 Å². The van der Waals surface area contributed by atoms with E-state index in [-0.39, 0.29) is 11.8 Å². The lowest BCUT2D eigenvalue weighted by Crippen LogP contribution is -2.48. The number of ether oxygens (including phenoxy) is 2. The number of guanidine groups is 1. The van der Waals surface area contributed by atoms with E-state index in [1.54, 1.807) is 29.1 Å². The summed E-state index contributed by atoms with van der Waals surface area (Å²) in [5, 5.41) is 4.37.